The summed E-state index contributed by atoms with van der Waals surface area (Å²) >= 11 is 1.44. The van der Waals surface area contributed by atoms with Crippen LogP contribution in [0.25, 0.3) is 0 Å². The number of fused-ring (bicyclic) bond motifs is 3. The first-order valence-corrected chi connectivity index (χ1v) is 10.1. The van der Waals surface area contributed by atoms with Crippen molar-refractivity contribution in [3.63, 3.8) is 0 Å². The molecule has 0 radical (unpaired) electrons. The lowest BCUT2D eigenvalue weighted by molar-refractivity contribution is -0.135. The molecule has 4 rings (SSSR count). The number of thiophene rings is 1. The molecule has 0 bridgehead atoms. The number of carbonyl (C=O) groups is 3. The molecule has 0 aliphatic carbocycles. The average molecular weight is 401 g/mol. The predicted molar refractivity (Wildman–Crippen MR) is 105 cm³/mol. The minimum atomic E-state index is -0.384. The molecule has 2 aromatic heterocycles. The third kappa shape index (κ3) is 2.90. The Kier molecular flexibility index (Phi) is 4.49. The Hall–Kier alpha value is -2.68. The van der Waals surface area contributed by atoms with Gasteiger partial charge in [0.2, 0.25) is 11.8 Å². The summed E-state index contributed by atoms with van der Waals surface area (Å²) in [5, 5.41) is 4.94. The lowest BCUT2D eigenvalue weighted by Gasteiger charge is -2.29. The Morgan fingerprint density at radius 1 is 1.25 bits per heavy atom. The lowest BCUT2D eigenvalue weighted by atomic mass is 10.0. The van der Waals surface area contributed by atoms with Gasteiger partial charge in [-0.3, -0.25) is 19.1 Å². The van der Waals surface area contributed by atoms with Gasteiger partial charge in [0.15, 0.2) is 0 Å². The molecule has 0 spiro atoms. The Morgan fingerprint density at radius 3 is 2.68 bits per heavy atom. The van der Waals surface area contributed by atoms with E-state index < -0.39 is 0 Å². The molecule has 1 unspecified atom stereocenters. The summed E-state index contributed by atoms with van der Waals surface area (Å²) in [5.41, 5.74) is 2.61. The molecule has 2 aliphatic rings. The molecular weight excluding hydrogens is 378 g/mol. The molecule has 3 amide bonds. The van der Waals surface area contributed by atoms with Gasteiger partial charge in [-0.15, -0.1) is 11.3 Å². The van der Waals surface area contributed by atoms with Gasteiger partial charge in [-0.25, -0.2) is 0 Å². The summed E-state index contributed by atoms with van der Waals surface area (Å²) in [6.07, 6.45) is 4.21. The van der Waals surface area contributed by atoms with E-state index >= 15 is 0 Å². The van der Waals surface area contributed by atoms with Gasteiger partial charge in [0.1, 0.15) is 17.6 Å². The first-order chi connectivity index (χ1) is 13.3. The van der Waals surface area contributed by atoms with E-state index in [-0.39, 0.29) is 30.3 Å². The van der Waals surface area contributed by atoms with Gasteiger partial charge in [-0.2, -0.15) is 5.10 Å². The quantitative estimate of drug-likeness (QED) is 0.763. The van der Waals surface area contributed by atoms with Crippen molar-refractivity contribution in [1.29, 1.82) is 0 Å². The summed E-state index contributed by atoms with van der Waals surface area (Å²) in [5.74, 6) is -0.223. The van der Waals surface area contributed by atoms with Gasteiger partial charge >= 0.3 is 0 Å². The van der Waals surface area contributed by atoms with Crippen LogP contribution >= 0.6 is 11.3 Å². The number of nitrogens with zero attached hydrogens (tertiary/aromatic N) is 5. The Balaban J connectivity index is 1.63. The SMILES string of the molecule is Cc1cnn(C(C)C(=O)N2CCc3c(sc4c3C(=O)N(C)CC(=O)N4C)C2)c1. The maximum atomic E-state index is 13.0. The highest BCUT2D eigenvalue weighted by molar-refractivity contribution is 7.17. The number of amides is 3. The predicted octanol–water partition coefficient (Wildman–Crippen LogP) is 1.45. The second-order valence-electron chi connectivity index (χ2n) is 7.48. The minimum absolute atomic E-state index is 0.00483. The number of anilines is 1. The van der Waals surface area contributed by atoms with E-state index in [0.29, 0.717) is 30.1 Å². The second-order valence-corrected chi connectivity index (χ2v) is 8.57. The Bertz CT molecular complexity index is 978. The topological polar surface area (TPSA) is 78.8 Å². The summed E-state index contributed by atoms with van der Waals surface area (Å²) in [4.78, 5) is 44.0. The smallest absolute Gasteiger partial charge is 0.257 e. The van der Waals surface area contributed by atoms with Gasteiger partial charge < -0.3 is 14.7 Å². The van der Waals surface area contributed by atoms with E-state index in [1.807, 2.05) is 24.9 Å². The Labute approximate surface area is 167 Å². The zero-order valence-corrected chi connectivity index (χ0v) is 17.2. The van der Waals surface area contributed by atoms with Crippen molar-refractivity contribution < 1.29 is 14.4 Å². The molecule has 28 heavy (non-hydrogen) atoms. The molecule has 0 N–H and O–H groups in total. The standard InChI is InChI=1S/C19H23N5O3S/c1-11-7-20-24(8-11)12(2)17(26)23-6-5-13-14(9-23)28-19-16(13)18(27)21(3)10-15(25)22(19)4/h7-8,12H,5-6,9-10H2,1-4H3. The minimum Gasteiger partial charge on any atom is -0.335 e. The third-order valence-corrected chi connectivity index (χ3v) is 6.74. The number of hydrogen-bond acceptors (Lipinski definition) is 5. The second kappa shape index (κ2) is 6.73. The van der Waals surface area contributed by atoms with Gasteiger partial charge in [-0.05, 0) is 31.4 Å². The van der Waals surface area contributed by atoms with Crippen LogP contribution in [0.2, 0.25) is 0 Å². The van der Waals surface area contributed by atoms with Gasteiger partial charge in [0.25, 0.3) is 5.91 Å². The average Bonchev–Trinajstić information content (AvgIpc) is 3.26. The summed E-state index contributed by atoms with van der Waals surface area (Å²) in [7, 11) is 3.36. The lowest BCUT2D eigenvalue weighted by Crippen LogP contribution is -2.40. The number of hydrogen-bond donors (Lipinski definition) is 0. The molecular formula is C19H23N5O3S. The third-order valence-electron chi connectivity index (χ3n) is 5.45. The van der Waals surface area contributed by atoms with Crippen molar-refractivity contribution in [2.75, 3.05) is 32.1 Å². The van der Waals surface area contributed by atoms with Crippen molar-refractivity contribution in [3.05, 3.63) is 34.0 Å². The number of likely N-dealkylation sites (N-methyl/N-ethyl adjacent to an activating group) is 2. The fourth-order valence-corrected chi connectivity index (χ4v) is 5.07. The molecule has 148 valence electrons. The van der Waals surface area contributed by atoms with E-state index in [4.69, 9.17) is 0 Å². The van der Waals surface area contributed by atoms with Gasteiger partial charge in [-0.1, -0.05) is 0 Å². The summed E-state index contributed by atoms with van der Waals surface area (Å²) in [6.45, 7) is 4.87. The number of aromatic nitrogens is 2. The van der Waals surface area contributed by atoms with E-state index in [0.717, 1.165) is 16.0 Å². The van der Waals surface area contributed by atoms with Crippen LogP contribution in [0.3, 0.4) is 0 Å². The molecule has 0 fully saturated rings. The molecule has 0 saturated heterocycles. The van der Waals surface area contributed by atoms with Crippen molar-refractivity contribution >= 4 is 34.1 Å². The highest BCUT2D eigenvalue weighted by Crippen LogP contribution is 2.41. The van der Waals surface area contributed by atoms with Crippen LogP contribution in [0.4, 0.5) is 5.00 Å². The molecule has 4 heterocycles. The highest BCUT2D eigenvalue weighted by atomic mass is 32.1. The summed E-state index contributed by atoms with van der Waals surface area (Å²) in [6, 6.07) is -0.384. The molecule has 9 heteroatoms. The maximum Gasteiger partial charge on any atom is 0.257 e. The monoisotopic (exact) mass is 401 g/mol. The first kappa shape index (κ1) is 18.7. The van der Waals surface area contributed by atoms with Crippen molar-refractivity contribution in [1.82, 2.24) is 19.6 Å². The fraction of sp³-hybridized carbons (Fsp3) is 0.474. The van der Waals surface area contributed by atoms with E-state index in [9.17, 15) is 14.4 Å². The fourth-order valence-electron chi connectivity index (χ4n) is 3.74. The molecule has 8 nitrogen and oxygen atoms in total. The zero-order valence-electron chi connectivity index (χ0n) is 16.4. The summed E-state index contributed by atoms with van der Waals surface area (Å²) < 4.78 is 1.68. The zero-order chi connectivity index (χ0) is 20.2. The van der Waals surface area contributed by atoms with Crippen LogP contribution in [0.5, 0.6) is 0 Å². The van der Waals surface area contributed by atoms with Crippen molar-refractivity contribution in [2.24, 2.45) is 0 Å². The largest absolute Gasteiger partial charge is 0.335 e. The van der Waals surface area contributed by atoms with Gasteiger partial charge in [0.05, 0.1) is 18.3 Å². The highest BCUT2D eigenvalue weighted by Gasteiger charge is 2.36. The maximum absolute atomic E-state index is 13.0. The number of rotatable bonds is 2. The normalized spacial score (nSPS) is 18.1. The molecule has 2 aliphatic heterocycles. The van der Waals surface area contributed by atoms with Crippen molar-refractivity contribution in [2.45, 2.75) is 32.9 Å². The van der Waals surface area contributed by atoms with Crippen molar-refractivity contribution in [3.8, 4) is 0 Å². The first-order valence-electron chi connectivity index (χ1n) is 9.24. The van der Waals surface area contributed by atoms with Crippen LogP contribution in [0.1, 0.15) is 39.3 Å². The van der Waals surface area contributed by atoms with Crippen LogP contribution in [-0.4, -0.2) is 64.5 Å². The van der Waals surface area contributed by atoms with Crippen LogP contribution < -0.4 is 4.90 Å². The van der Waals surface area contributed by atoms with E-state index in [1.54, 1.807) is 29.9 Å². The van der Waals surface area contributed by atoms with Crippen LogP contribution in [0.15, 0.2) is 12.4 Å². The molecule has 2 aromatic rings. The van der Waals surface area contributed by atoms with Crippen LogP contribution in [0, 0.1) is 6.92 Å². The van der Waals surface area contributed by atoms with E-state index in [1.165, 1.54) is 16.2 Å². The molecule has 1 atom stereocenters. The molecule has 0 saturated carbocycles. The van der Waals surface area contributed by atoms with E-state index in [2.05, 4.69) is 5.10 Å². The molecule has 0 aromatic carbocycles. The van der Waals surface area contributed by atoms with Gasteiger partial charge in [0, 0.05) is 31.7 Å². The van der Waals surface area contributed by atoms with Crippen LogP contribution in [-0.2, 0) is 22.6 Å². The Morgan fingerprint density at radius 2 is 2.00 bits per heavy atom. The number of aryl methyl sites for hydroxylation is 1. The number of carbonyl (C=O) groups excluding carboxylic acids is 3.